The summed E-state index contributed by atoms with van der Waals surface area (Å²) < 4.78 is 0. The van der Waals surface area contributed by atoms with E-state index in [1.54, 1.807) is 18.6 Å². The van der Waals surface area contributed by atoms with E-state index >= 15 is 0 Å². The van der Waals surface area contributed by atoms with Crippen molar-refractivity contribution in [3.05, 3.63) is 70.1 Å². The van der Waals surface area contributed by atoms with Crippen LogP contribution in [-0.4, -0.2) is 51.9 Å². The van der Waals surface area contributed by atoms with Crippen LogP contribution in [0.3, 0.4) is 0 Å². The number of aromatic nitrogens is 3. The zero-order chi connectivity index (χ0) is 18.6. The fourth-order valence-corrected chi connectivity index (χ4v) is 4.30. The quantitative estimate of drug-likeness (QED) is 0.698. The number of nitrogens with zero attached hydrogens (tertiary/aromatic N) is 5. The SMILES string of the molecule is Cc1nc(Cc2ccccc2)sc1C(=O)N1CCN(c2cnccn2)CC1. The van der Waals surface area contributed by atoms with Crippen molar-refractivity contribution in [2.75, 3.05) is 31.1 Å². The number of hydrogen-bond acceptors (Lipinski definition) is 6. The Bertz CT molecular complexity index is 905. The van der Waals surface area contributed by atoms with E-state index in [-0.39, 0.29) is 5.91 Å². The molecular formula is C20H21N5OS. The molecule has 0 spiro atoms. The molecule has 1 aromatic carbocycles. The summed E-state index contributed by atoms with van der Waals surface area (Å²) in [6.07, 6.45) is 5.89. The van der Waals surface area contributed by atoms with Gasteiger partial charge < -0.3 is 9.80 Å². The predicted octanol–water partition coefficient (Wildman–Crippen LogP) is 2.79. The summed E-state index contributed by atoms with van der Waals surface area (Å²) in [5.41, 5.74) is 2.04. The molecule has 1 aliphatic heterocycles. The smallest absolute Gasteiger partial charge is 0.265 e. The van der Waals surface area contributed by atoms with E-state index in [9.17, 15) is 4.79 Å². The standard InChI is InChI=1S/C20H21N5OS/c1-15-19(27-18(23-15)13-16-5-3-2-4-6-16)20(26)25-11-9-24(10-12-25)17-14-21-7-8-22-17/h2-8,14H,9-13H2,1H3. The van der Waals surface area contributed by atoms with Gasteiger partial charge in [-0.05, 0) is 12.5 Å². The van der Waals surface area contributed by atoms with Crippen LogP contribution >= 0.6 is 11.3 Å². The summed E-state index contributed by atoms with van der Waals surface area (Å²) in [4.78, 5) is 30.9. The molecule has 0 radical (unpaired) electrons. The molecule has 1 aliphatic rings. The fraction of sp³-hybridized carbons (Fsp3) is 0.300. The monoisotopic (exact) mass is 379 g/mol. The Labute approximate surface area is 162 Å². The molecular weight excluding hydrogens is 358 g/mol. The van der Waals surface area contributed by atoms with E-state index in [1.807, 2.05) is 30.0 Å². The summed E-state index contributed by atoms with van der Waals surface area (Å²) in [5, 5.41) is 0.986. The van der Waals surface area contributed by atoms with Crippen molar-refractivity contribution in [1.29, 1.82) is 0 Å². The maximum absolute atomic E-state index is 13.0. The summed E-state index contributed by atoms with van der Waals surface area (Å²) in [6.45, 7) is 4.81. The number of piperazine rings is 1. The number of hydrogen-bond donors (Lipinski definition) is 0. The highest BCUT2D eigenvalue weighted by Gasteiger charge is 2.26. The van der Waals surface area contributed by atoms with E-state index in [1.165, 1.54) is 16.9 Å². The second-order valence-corrected chi connectivity index (χ2v) is 7.61. The molecule has 7 heteroatoms. The van der Waals surface area contributed by atoms with Crippen molar-refractivity contribution < 1.29 is 4.79 Å². The Morgan fingerprint density at radius 3 is 2.59 bits per heavy atom. The third-order valence-corrected chi connectivity index (χ3v) is 5.82. The first-order chi connectivity index (χ1) is 13.2. The van der Waals surface area contributed by atoms with E-state index in [2.05, 4.69) is 32.0 Å². The third-order valence-electron chi connectivity index (χ3n) is 4.67. The lowest BCUT2D eigenvalue weighted by atomic mass is 10.2. The van der Waals surface area contributed by atoms with E-state index in [0.29, 0.717) is 13.1 Å². The van der Waals surface area contributed by atoms with Crippen LogP contribution in [0.4, 0.5) is 5.82 Å². The molecule has 1 saturated heterocycles. The van der Waals surface area contributed by atoms with Gasteiger partial charge in [0.1, 0.15) is 10.7 Å². The number of anilines is 1. The summed E-state index contributed by atoms with van der Waals surface area (Å²) >= 11 is 1.52. The fourth-order valence-electron chi connectivity index (χ4n) is 3.23. The number of carbonyl (C=O) groups is 1. The van der Waals surface area contributed by atoms with Gasteiger partial charge in [0.15, 0.2) is 0 Å². The third kappa shape index (κ3) is 3.98. The molecule has 0 saturated carbocycles. The van der Waals surface area contributed by atoms with Crippen molar-refractivity contribution in [1.82, 2.24) is 19.9 Å². The van der Waals surface area contributed by atoms with Crippen LogP contribution < -0.4 is 4.90 Å². The molecule has 138 valence electrons. The molecule has 0 N–H and O–H groups in total. The Balaban J connectivity index is 1.41. The van der Waals surface area contributed by atoms with Gasteiger partial charge in [-0.25, -0.2) is 9.97 Å². The lowest BCUT2D eigenvalue weighted by Gasteiger charge is -2.35. The van der Waals surface area contributed by atoms with Crippen LogP contribution in [0.15, 0.2) is 48.9 Å². The molecule has 1 amide bonds. The number of rotatable bonds is 4. The van der Waals surface area contributed by atoms with Crippen LogP contribution in [-0.2, 0) is 6.42 Å². The summed E-state index contributed by atoms with van der Waals surface area (Å²) in [6, 6.07) is 10.2. The van der Waals surface area contributed by atoms with Gasteiger partial charge in [0.25, 0.3) is 5.91 Å². The highest BCUT2D eigenvalue weighted by atomic mass is 32.1. The number of aryl methyl sites for hydroxylation is 1. The van der Waals surface area contributed by atoms with Gasteiger partial charge in [-0.2, -0.15) is 0 Å². The molecule has 1 fully saturated rings. The van der Waals surface area contributed by atoms with Gasteiger partial charge in [-0.15, -0.1) is 11.3 Å². The highest BCUT2D eigenvalue weighted by Crippen LogP contribution is 2.23. The van der Waals surface area contributed by atoms with Crippen molar-refractivity contribution in [3.8, 4) is 0 Å². The number of amides is 1. The summed E-state index contributed by atoms with van der Waals surface area (Å²) in [7, 11) is 0. The average molecular weight is 379 g/mol. The second-order valence-electron chi connectivity index (χ2n) is 6.53. The Morgan fingerprint density at radius 1 is 1.11 bits per heavy atom. The summed E-state index contributed by atoms with van der Waals surface area (Å²) in [5.74, 6) is 0.951. The maximum atomic E-state index is 13.0. The molecule has 27 heavy (non-hydrogen) atoms. The van der Waals surface area contributed by atoms with Crippen molar-refractivity contribution >= 4 is 23.1 Å². The molecule has 6 nitrogen and oxygen atoms in total. The lowest BCUT2D eigenvalue weighted by molar-refractivity contribution is 0.0750. The normalized spacial score (nSPS) is 14.4. The van der Waals surface area contributed by atoms with Gasteiger partial charge in [0, 0.05) is 45.0 Å². The van der Waals surface area contributed by atoms with Gasteiger partial charge in [0.2, 0.25) is 0 Å². The number of benzene rings is 1. The first-order valence-electron chi connectivity index (χ1n) is 9.01. The second kappa shape index (κ2) is 7.84. The van der Waals surface area contributed by atoms with Crippen LogP contribution in [0, 0.1) is 6.92 Å². The highest BCUT2D eigenvalue weighted by molar-refractivity contribution is 7.13. The largest absolute Gasteiger partial charge is 0.352 e. The minimum Gasteiger partial charge on any atom is -0.352 e. The van der Waals surface area contributed by atoms with Crippen LogP contribution in [0.25, 0.3) is 0 Å². The van der Waals surface area contributed by atoms with Gasteiger partial charge in [0.05, 0.1) is 16.9 Å². The molecule has 3 heterocycles. The molecule has 3 aromatic rings. The molecule has 0 unspecified atom stereocenters. The minimum absolute atomic E-state index is 0.0862. The molecule has 0 atom stereocenters. The van der Waals surface area contributed by atoms with Crippen molar-refractivity contribution in [2.45, 2.75) is 13.3 Å². The van der Waals surface area contributed by atoms with Crippen LogP contribution in [0.1, 0.15) is 25.9 Å². The van der Waals surface area contributed by atoms with Gasteiger partial charge >= 0.3 is 0 Å². The first kappa shape index (κ1) is 17.6. The number of thiazole rings is 1. The van der Waals surface area contributed by atoms with Crippen molar-refractivity contribution in [3.63, 3.8) is 0 Å². The number of carbonyl (C=O) groups excluding carboxylic acids is 1. The maximum Gasteiger partial charge on any atom is 0.265 e. The molecule has 0 bridgehead atoms. The van der Waals surface area contributed by atoms with Gasteiger partial charge in [-0.1, -0.05) is 30.3 Å². The van der Waals surface area contributed by atoms with Crippen molar-refractivity contribution in [2.24, 2.45) is 0 Å². The Kier molecular flexibility index (Phi) is 5.11. The van der Waals surface area contributed by atoms with Crippen LogP contribution in [0.2, 0.25) is 0 Å². The minimum atomic E-state index is 0.0862. The zero-order valence-electron chi connectivity index (χ0n) is 15.2. The van der Waals surface area contributed by atoms with Crippen LogP contribution in [0.5, 0.6) is 0 Å². The molecule has 4 rings (SSSR count). The van der Waals surface area contributed by atoms with E-state index in [0.717, 1.165) is 40.9 Å². The predicted molar refractivity (Wildman–Crippen MR) is 106 cm³/mol. The lowest BCUT2D eigenvalue weighted by Crippen LogP contribution is -2.49. The van der Waals surface area contributed by atoms with E-state index < -0.39 is 0 Å². The van der Waals surface area contributed by atoms with E-state index in [4.69, 9.17) is 0 Å². The average Bonchev–Trinajstić information content (AvgIpc) is 3.09. The topological polar surface area (TPSA) is 62.2 Å². The van der Waals surface area contributed by atoms with Gasteiger partial charge in [-0.3, -0.25) is 9.78 Å². The molecule has 0 aliphatic carbocycles. The molecule has 2 aromatic heterocycles. The Hall–Kier alpha value is -2.80. The first-order valence-corrected chi connectivity index (χ1v) is 9.83. The zero-order valence-corrected chi connectivity index (χ0v) is 16.0. The Morgan fingerprint density at radius 2 is 1.89 bits per heavy atom.